The molecule has 0 aliphatic rings. The largest absolute Gasteiger partial charge is 0.350 e. The molecule has 0 spiro atoms. The standard InChI is InChI=1S/C13H11F2N3O2/c14-9-2-1-8(7-10(9)15)5-6-16-13(20)11-3-4-12(19)18-17-11/h1-4,7H,5-6H2,(H,16,20)(H,18,19). The molecule has 1 amide bonds. The summed E-state index contributed by atoms with van der Waals surface area (Å²) >= 11 is 0. The molecule has 0 saturated heterocycles. The predicted molar refractivity (Wildman–Crippen MR) is 67.3 cm³/mol. The normalized spacial score (nSPS) is 10.3. The van der Waals surface area contributed by atoms with E-state index in [0.29, 0.717) is 12.0 Å². The maximum atomic E-state index is 13.0. The number of carbonyl (C=O) groups is 1. The van der Waals surface area contributed by atoms with E-state index in [2.05, 4.69) is 15.5 Å². The third-order valence-corrected chi connectivity index (χ3v) is 2.60. The Labute approximate surface area is 112 Å². The number of nitrogens with zero attached hydrogens (tertiary/aromatic N) is 1. The van der Waals surface area contributed by atoms with E-state index in [9.17, 15) is 18.4 Å². The van der Waals surface area contributed by atoms with Crippen molar-refractivity contribution < 1.29 is 13.6 Å². The summed E-state index contributed by atoms with van der Waals surface area (Å²) < 4.78 is 25.7. The summed E-state index contributed by atoms with van der Waals surface area (Å²) in [6.45, 7) is 0.241. The zero-order valence-corrected chi connectivity index (χ0v) is 10.3. The molecule has 1 aromatic heterocycles. The maximum absolute atomic E-state index is 13.0. The molecule has 2 N–H and O–H groups in total. The van der Waals surface area contributed by atoms with E-state index in [1.807, 2.05) is 0 Å². The molecule has 0 bridgehead atoms. The fraction of sp³-hybridized carbons (Fsp3) is 0.154. The lowest BCUT2D eigenvalue weighted by molar-refractivity contribution is 0.0948. The number of aromatic nitrogens is 2. The molecular formula is C13H11F2N3O2. The Hall–Kier alpha value is -2.57. The lowest BCUT2D eigenvalue weighted by Crippen LogP contribution is -2.27. The molecule has 20 heavy (non-hydrogen) atoms. The van der Waals surface area contributed by atoms with Crippen LogP contribution in [0, 0.1) is 11.6 Å². The average molecular weight is 279 g/mol. The molecule has 1 aromatic carbocycles. The molecule has 2 aromatic rings. The number of nitrogens with one attached hydrogen (secondary N) is 2. The first-order valence-electron chi connectivity index (χ1n) is 5.84. The number of halogens is 2. The van der Waals surface area contributed by atoms with Gasteiger partial charge in [-0.3, -0.25) is 9.59 Å². The molecule has 1 heterocycles. The molecule has 104 valence electrons. The summed E-state index contributed by atoms with van der Waals surface area (Å²) in [5.74, 6) is -2.28. The highest BCUT2D eigenvalue weighted by Gasteiger charge is 2.07. The highest BCUT2D eigenvalue weighted by molar-refractivity contribution is 5.91. The van der Waals surface area contributed by atoms with Gasteiger partial charge in [0.25, 0.3) is 11.5 Å². The third kappa shape index (κ3) is 3.47. The van der Waals surface area contributed by atoms with Crippen LogP contribution in [0.4, 0.5) is 8.78 Å². The van der Waals surface area contributed by atoms with E-state index in [4.69, 9.17) is 0 Å². The lowest BCUT2D eigenvalue weighted by atomic mass is 10.1. The average Bonchev–Trinajstić information content (AvgIpc) is 2.43. The van der Waals surface area contributed by atoms with Crippen LogP contribution in [0.25, 0.3) is 0 Å². The highest BCUT2D eigenvalue weighted by atomic mass is 19.2. The van der Waals surface area contributed by atoms with Crippen LogP contribution < -0.4 is 10.9 Å². The number of aromatic amines is 1. The fourth-order valence-electron chi connectivity index (χ4n) is 1.58. The smallest absolute Gasteiger partial charge is 0.271 e. The number of hydrogen-bond donors (Lipinski definition) is 2. The van der Waals surface area contributed by atoms with Crippen LogP contribution in [0.15, 0.2) is 35.1 Å². The van der Waals surface area contributed by atoms with Crippen molar-refractivity contribution in [3.63, 3.8) is 0 Å². The second-order valence-electron chi connectivity index (χ2n) is 4.06. The number of H-pyrrole nitrogens is 1. The molecule has 0 atom stereocenters. The Kier molecular flexibility index (Phi) is 4.19. The Bertz CT molecular complexity index is 665. The van der Waals surface area contributed by atoms with Gasteiger partial charge in [-0.05, 0) is 30.2 Å². The first-order valence-corrected chi connectivity index (χ1v) is 5.84. The second kappa shape index (κ2) is 6.05. The van der Waals surface area contributed by atoms with Crippen molar-refractivity contribution in [2.24, 2.45) is 0 Å². The van der Waals surface area contributed by atoms with Crippen LogP contribution >= 0.6 is 0 Å². The third-order valence-electron chi connectivity index (χ3n) is 2.60. The first kappa shape index (κ1) is 13.9. The SMILES string of the molecule is O=C(NCCc1ccc(F)c(F)c1)c1ccc(=O)[nH]n1. The van der Waals surface area contributed by atoms with E-state index in [1.165, 1.54) is 18.2 Å². The molecule has 0 fully saturated rings. The van der Waals surface area contributed by atoms with E-state index in [0.717, 1.165) is 12.1 Å². The van der Waals surface area contributed by atoms with Crippen molar-refractivity contribution in [1.82, 2.24) is 15.5 Å². The minimum absolute atomic E-state index is 0.0786. The highest BCUT2D eigenvalue weighted by Crippen LogP contribution is 2.08. The van der Waals surface area contributed by atoms with Gasteiger partial charge >= 0.3 is 0 Å². The van der Waals surface area contributed by atoms with Gasteiger partial charge < -0.3 is 5.32 Å². The minimum Gasteiger partial charge on any atom is -0.350 e. The van der Waals surface area contributed by atoms with Crippen molar-refractivity contribution in [3.8, 4) is 0 Å². The quantitative estimate of drug-likeness (QED) is 0.877. The first-order chi connectivity index (χ1) is 9.56. The zero-order valence-electron chi connectivity index (χ0n) is 10.3. The van der Waals surface area contributed by atoms with E-state index >= 15 is 0 Å². The molecule has 0 unspecified atom stereocenters. The van der Waals surface area contributed by atoms with Crippen LogP contribution in [0.2, 0.25) is 0 Å². The van der Waals surface area contributed by atoms with Gasteiger partial charge in [0.15, 0.2) is 11.6 Å². The number of amides is 1. The van der Waals surface area contributed by atoms with Crippen molar-refractivity contribution in [2.45, 2.75) is 6.42 Å². The molecule has 5 nitrogen and oxygen atoms in total. The van der Waals surface area contributed by atoms with Crippen molar-refractivity contribution >= 4 is 5.91 Å². The van der Waals surface area contributed by atoms with Crippen LogP contribution in [-0.2, 0) is 6.42 Å². The Balaban J connectivity index is 1.89. The van der Waals surface area contributed by atoms with Gasteiger partial charge in [-0.1, -0.05) is 6.07 Å². The molecule has 0 aliphatic carbocycles. The predicted octanol–water partition coefficient (Wildman–Crippen LogP) is 1.02. The molecule has 0 saturated carbocycles. The summed E-state index contributed by atoms with van der Waals surface area (Å²) in [5.41, 5.74) is 0.247. The van der Waals surface area contributed by atoms with Crippen LogP contribution in [-0.4, -0.2) is 22.6 Å². The van der Waals surface area contributed by atoms with Gasteiger partial charge in [0, 0.05) is 12.6 Å². The lowest BCUT2D eigenvalue weighted by Gasteiger charge is -2.05. The van der Waals surface area contributed by atoms with Crippen molar-refractivity contribution in [2.75, 3.05) is 6.54 Å². The Morgan fingerprint density at radius 3 is 2.65 bits per heavy atom. The fourth-order valence-corrected chi connectivity index (χ4v) is 1.58. The van der Waals surface area contributed by atoms with E-state index in [1.54, 1.807) is 0 Å². The monoisotopic (exact) mass is 279 g/mol. The Morgan fingerprint density at radius 2 is 2.00 bits per heavy atom. The summed E-state index contributed by atoms with van der Waals surface area (Å²) in [6.07, 6.45) is 0.353. The molecule has 7 heteroatoms. The second-order valence-corrected chi connectivity index (χ2v) is 4.06. The number of rotatable bonds is 4. The van der Waals surface area contributed by atoms with Crippen molar-refractivity contribution in [1.29, 1.82) is 0 Å². The summed E-state index contributed by atoms with van der Waals surface area (Å²) in [6, 6.07) is 6.06. The summed E-state index contributed by atoms with van der Waals surface area (Å²) in [4.78, 5) is 22.4. The van der Waals surface area contributed by atoms with E-state index in [-0.39, 0.29) is 12.2 Å². The number of carbonyl (C=O) groups excluding carboxylic acids is 1. The number of benzene rings is 1. The summed E-state index contributed by atoms with van der Waals surface area (Å²) in [7, 11) is 0. The minimum atomic E-state index is -0.920. The molecule has 0 radical (unpaired) electrons. The van der Waals surface area contributed by atoms with Gasteiger partial charge in [-0.25, -0.2) is 13.9 Å². The van der Waals surface area contributed by atoms with Gasteiger partial charge in [0.1, 0.15) is 5.69 Å². The number of hydrogen-bond acceptors (Lipinski definition) is 3. The van der Waals surface area contributed by atoms with E-state index < -0.39 is 23.1 Å². The van der Waals surface area contributed by atoms with Crippen LogP contribution in [0.1, 0.15) is 16.1 Å². The van der Waals surface area contributed by atoms with Gasteiger partial charge in [0.05, 0.1) is 0 Å². The van der Waals surface area contributed by atoms with Gasteiger partial charge in [-0.15, -0.1) is 0 Å². The summed E-state index contributed by atoms with van der Waals surface area (Å²) in [5, 5.41) is 8.28. The zero-order chi connectivity index (χ0) is 14.5. The topological polar surface area (TPSA) is 74.8 Å². The van der Waals surface area contributed by atoms with Crippen LogP contribution in [0.3, 0.4) is 0 Å². The molecule has 2 rings (SSSR count). The molecule has 0 aliphatic heterocycles. The Morgan fingerprint density at radius 1 is 1.20 bits per heavy atom. The van der Waals surface area contributed by atoms with Gasteiger partial charge in [-0.2, -0.15) is 5.10 Å². The maximum Gasteiger partial charge on any atom is 0.271 e. The van der Waals surface area contributed by atoms with Gasteiger partial charge in [0.2, 0.25) is 0 Å². The van der Waals surface area contributed by atoms with Crippen LogP contribution in [0.5, 0.6) is 0 Å². The molecular weight excluding hydrogens is 268 g/mol. The van der Waals surface area contributed by atoms with Crippen molar-refractivity contribution in [3.05, 3.63) is 63.6 Å².